The first-order valence-corrected chi connectivity index (χ1v) is 10.1. The van der Waals surface area contributed by atoms with Crippen LogP contribution in [0, 0.1) is 5.92 Å². The van der Waals surface area contributed by atoms with Gasteiger partial charge in [-0.05, 0) is 36.6 Å². The number of hydrogen-bond donors (Lipinski definition) is 2. The van der Waals surface area contributed by atoms with Gasteiger partial charge in [0, 0.05) is 34.8 Å². The summed E-state index contributed by atoms with van der Waals surface area (Å²) < 4.78 is 0. The van der Waals surface area contributed by atoms with E-state index in [1.807, 2.05) is 54.8 Å². The van der Waals surface area contributed by atoms with Gasteiger partial charge in [0.1, 0.15) is 6.33 Å². The number of carbonyl (C=O) groups excluding carboxylic acids is 2. The lowest BCUT2D eigenvalue weighted by Gasteiger charge is -2.17. The lowest BCUT2D eigenvalue weighted by molar-refractivity contribution is -0.122. The number of benzene rings is 2. The Balaban J connectivity index is 1.46. The molecule has 142 valence electrons. The van der Waals surface area contributed by atoms with Gasteiger partial charge in [-0.1, -0.05) is 18.2 Å². The molecule has 1 aliphatic heterocycles. The molecule has 0 bridgehead atoms. The maximum atomic E-state index is 12.7. The van der Waals surface area contributed by atoms with Crippen LogP contribution in [-0.4, -0.2) is 39.8 Å². The highest BCUT2D eigenvalue weighted by Crippen LogP contribution is 2.29. The van der Waals surface area contributed by atoms with Crippen LogP contribution in [-0.2, 0) is 9.59 Å². The summed E-state index contributed by atoms with van der Waals surface area (Å²) in [6.45, 7) is 0.379. The molecule has 2 aromatic carbocycles. The lowest BCUT2D eigenvalue weighted by Crippen LogP contribution is -2.28. The molecule has 2 N–H and O–H groups in total. The molecule has 8 heteroatoms. The Hall–Kier alpha value is -3.13. The molecule has 4 rings (SSSR count). The highest BCUT2D eigenvalue weighted by molar-refractivity contribution is 7.98. The zero-order valence-corrected chi connectivity index (χ0v) is 16.1. The number of nitrogens with zero attached hydrogens (tertiary/aromatic N) is 3. The Morgan fingerprint density at radius 2 is 2.11 bits per heavy atom. The van der Waals surface area contributed by atoms with Gasteiger partial charge in [-0.2, -0.15) is 5.10 Å². The van der Waals surface area contributed by atoms with Crippen molar-refractivity contribution in [3.63, 3.8) is 0 Å². The Kier molecular flexibility index (Phi) is 5.12. The normalized spacial score (nSPS) is 16.4. The van der Waals surface area contributed by atoms with E-state index in [1.54, 1.807) is 16.7 Å². The molecule has 3 aromatic rings. The number of nitrogens with one attached hydrogen (secondary N) is 2. The summed E-state index contributed by atoms with van der Waals surface area (Å²) in [4.78, 5) is 32.1. The van der Waals surface area contributed by atoms with Gasteiger partial charge in [0.05, 0.1) is 5.92 Å². The van der Waals surface area contributed by atoms with Gasteiger partial charge >= 0.3 is 0 Å². The van der Waals surface area contributed by atoms with Crippen molar-refractivity contribution in [3.05, 3.63) is 54.9 Å². The fourth-order valence-corrected chi connectivity index (χ4v) is 3.70. The van der Waals surface area contributed by atoms with E-state index in [2.05, 4.69) is 20.5 Å². The summed E-state index contributed by atoms with van der Waals surface area (Å²) in [5.74, 6) is 0.0479. The van der Waals surface area contributed by atoms with E-state index in [9.17, 15) is 9.59 Å². The molecule has 2 heterocycles. The number of hydrogen-bond acceptors (Lipinski definition) is 5. The van der Waals surface area contributed by atoms with Gasteiger partial charge in [0.15, 0.2) is 5.82 Å². The van der Waals surface area contributed by atoms with Crippen molar-refractivity contribution in [2.45, 2.75) is 11.3 Å². The van der Waals surface area contributed by atoms with E-state index in [4.69, 9.17) is 0 Å². The first kappa shape index (κ1) is 18.2. The molecule has 1 fully saturated rings. The zero-order chi connectivity index (χ0) is 19.5. The Labute approximate surface area is 166 Å². The predicted molar refractivity (Wildman–Crippen MR) is 109 cm³/mol. The van der Waals surface area contributed by atoms with Crippen molar-refractivity contribution in [2.75, 3.05) is 23.0 Å². The first-order valence-electron chi connectivity index (χ1n) is 8.85. The minimum Gasteiger partial charge on any atom is -0.326 e. The Bertz CT molecular complexity index is 1010. The molecule has 1 aliphatic rings. The van der Waals surface area contributed by atoms with Crippen LogP contribution in [0.5, 0.6) is 0 Å². The van der Waals surface area contributed by atoms with Crippen LogP contribution in [0.1, 0.15) is 6.42 Å². The van der Waals surface area contributed by atoms with Gasteiger partial charge in [0.25, 0.3) is 0 Å². The number of rotatable bonds is 5. The summed E-state index contributed by atoms with van der Waals surface area (Å²) in [6, 6.07) is 15.2. The number of H-pyrrole nitrogens is 1. The molecule has 0 unspecified atom stereocenters. The van der Waals surface area contributed by atoms with Gasteiger partial charge in [-0.25, -0.2) is 4.98 Å². The molecule has 1 saturated heterocycles. The molecule has 1 aromatic heterocycles. The van der Waals surface area contributed by atoms with Gasteiger partial charge < -0.3 is 10.2 Å². The highest BCUT2D eigenvalue weighted by Gasteiger charge is 2.35. The van der Waals surface area contributed by atoms with Crippen LogP contribution in [0.3, 0.4) is 0 Å². The number of aromatic amines is 1. The van der Waals surface area contributed by atoms with Crippen molar-refractivity contribution in [1.29, 1.82) is 0 Å². The molecular weight excluding hydrogens is 374 g/mol. The summed E-state index contributed by atoms with van der Waals surface area (Å²) in [5, 5.41) is 9.56. The van der Waals surface area contributed by atoms with Crippen LogP contribution in [0.2, 0.25) is 0 Å². The molecule has 0 radical (unpaired) electrons. The number of carbonyl (C=O) groups is 2. The summed E-state index contributed by atoms with van der Waals surface area (Å²) >= 11 is 1.62. The monoisotopic (exact) mass is 393 g/mol. The minimum absolute atomic E-state index is 0.0335. The quantitative estimate of drug-likeness (QED) is 0.650. The SMILES string of the molecule is CSc1cccc(N2C[C@@H](C(=O)Nc3cccc(-c4ncn[nH]4)c3)CC2=O)c1. The first-order chi connectivity index (χ1) is 13.6. The fourth-order valence-electron chi connectivity index (χ4n) is 3.24. The number of anilines is 2. The topological polar surface area (TPSA) is 91.0 Å². The molecule has 0 spiro atoms. The third-order valence-electron chi connectivity index (χ3n) is 4.68. The molecule has 0 aliphatic carbocycles. The van der Waals surface area contributed by atoms with Gasteiger partial charge in [-0.3, -0.25) is 14.7 Å². The summed E-state index contributed by atoms with van der Waals surface area (Å²) in [6.07, 6.45) is 3.64. The second-order valence-corrected chi connectivity index (χ2v) is 7.39. The number of amides is 2. The predicted octanol–water partition coefficient (Wildman–Crippen LogP) is 3.19. The third-order valence-corrected chi connectivity index (χ3v) is 5.40. The molecule has 7 nitrogen and oxygen atoms in total. The van der Waals surface area contributed by atoms with Crippen LogP contribution in [0.4, 0.5) is 11.4 Å². The number of thioether (sulfide) groups is 1. The maximum Gasteiger partial charge on any atom is 0.229 e. The Morgan fingerprint density at radius 3 is 2.89 bits per heavy atom. The Morgan fingerprint density at radius 1 is 1.25 bits per heavy atom. The smallest absolute Gasteiger partial charge is 0.229 e. The van der Waals surface area contributed by atoms with E-state index in [0.717, 1.165) is 16.1 Å². The zero-order valence-electron chi connectivity index (χ0n) is 15.3. The van der Waals surface area contributed by atoms with Gasteiger partial charge in [-0.15, -0.1) is 11.8 Å². The minimum atomic E-state index is -0.389. The van der Waals surface area contributed by atoms with Crippen molar-refractivity contribution < 1.29 is 9.59 Å². The summed E-state index contributed by atoms with van der Waals surface area (Å²) in [5.41, 5.74) is 2.32. The van der Waals surface area contributed by atoms with E-state index < -0.39 is 0 Å². The molecule has 0 saturated carbocycles. The van der Waals surface area contributed by atoms with Crippen LogP contribution < -0.4 is 10.2 Å². The fraction of sp³-hybridized carbons (Fsp3) is 0.200. The molecule has 2 amide bonds. The average molecular weight is 393 g/mol. The molecule has 28 heavy (non-hydrogen) atoms. The van der Waals surface area contributed by atoms with Crippen molar-refractivity contribution in [1.82, 2.24) is 15.2 Å². The van der Waals surface area contributed by atoms with E-state index in [-0.39, 0.29) is 24.2 Å². The third kappa shape index (κ3) is 3.77. The molecule has 1 atom stereocenters. The summed E-state index contributed by atoms with van der Waals surface area (Å²) in [7, 11) is 0. The average Bonchev–Trinajstić information content (AvgIpc) is 3.38. The van der Waals surface area contributed by atoms with Crippen LogP contribution in [0.25, 0.3) is 11.4 Å². The molecular formula is C20H19N5O2S. The van der Waals surface area contributed by atoms with Crippen LogP contribution in [0.15, 0.2) is 59.8 Å². The lowest BCUT2D eigenvalue weighted by atomic mass is 10.1. The van der Waals surface area contributed by atoms with Crippen molar-refractivity contribution in [2.24, 2.45) is 5.92 Å². The van der Waals surface area contributed by atoms with E-state index in [0.29, 0.717) is 18.1 Å². The second kappa shape index (κ2) is 7.85. The maximum absolute atomic E-state index is 12.7. The number of aromatic nitrogens is 3. The van der Waals surface area contributed by atoms with Gasteiger partial charge in [0.2, 0.25) is 11.8 Å². The van der Waals surface area contributed by atoms with Crippen molar-refractivity contribution >= 4 is 35.0 Å². The van der Waals surface area contributed by atoms with Crippen LogP contribution >= 0.6 is 11.8 Å². The van der Waals surface area contributed by atoms with Crippen molar-refractivity contribution in [3.8, 4) is 11.4 Å². The highest BCUT2D eigenvalue weighted by atomic mass is 32.2. The largest absolute Gasteiger partial charge is 0.326 e. The second-order valence-electron chi connectivity index (χ2n) is 6.51. The van der Waals surface area contributed by atoms with E-state index in [1.165, 1.54) is 6.33 Å². The van der Waals surface area contributed by atoms with E-state index >= 15 is 0 Å². The standard InChI is InChI=1S/C20H19N5O2S/c1-28-17-7-3-6-16(10-17)25-11-14(9-18(25)26)20(27)23-15-5-2-4-13(8-15)19-21-12-22-24-19/h2-8,10,12,14H,9,11H2,1H3,(H,23,27)(H,21,22,24)/t14-/m0/s1.